The molecule has 66 valence electrons. The molecule has 0 atom stereocenters. The van der Waals surface area contributed by atoms with Crippen LogP contribution in [0.1, 0.15) is 11.4 Å². The molecular formula is C9H10N4. The highest BCUT2D eigenvalue weighted by molar-refractivity contribution is 5.48. The maximum Gasteiger partial charge on any atom is 0.199 e. The Labute approximate surface area is 76.1 Å². The molecule has 0 aromatic carbocycles. The minimum absolute atomic E-state index is 0.650. The molecule has 2 rings (SSSR count). The first-order valence-corrected chi connectivity index (χ1v) is 4.08. The Hall–Kier alpha value is -1.71. The van der Waals surface area contributed by atoms with Gasteiger partial charge < -0.3 is 0 Å². The number of rotatable bonds is 1. The van der Waals surface area contributed by atoms with Gasteiger partial charge in [-0.05, 0) is 25.5 Å². The smallest absolute Gasteiger partial charge is 0.199 e. The van der Waals surface area contributed by atoms with E-state index < -0.39 is 0 Å². The molecule has 13 heavy (non-hydrogen) atoms. The molecule has 4 heteroatoms. The number of aromatic nitrogens is 4. The second-order valence-corrected chi connectivity index (χ2v) is 2.97. The number of aromatic amines is 1. The predicted molar refractivity (Wildman–Crippen MR) is 49.1 cm³/mol. The highest BCUT2D eigenvalue weighted by Gasteiger charge is 2.03. The van der Waals surface area contributed by atoms with Crippen LogP contribution in [0.15, 0.2) is 18.3 Å². The van der Waals surface area contributed by atoms with Gasteiger partial charge in [-0.25, -0.2) is 4.98 Å². The van der Waals surface area contributed by atoms with E-state index in [9.17, 15) is 0 Å². The van der Waals surface area contributed by atoms with Crippen molar-refractivity contribution < 1.29 is 0 Å². The summed E-state index contributed by atoms with van der Waals surface area (Å²) in [5.74, 6) is 1.45. The van der Waals surface area contributed by atoms with Crippen molar-refractivity contribution in [1.82, 2.24) is 20.2 Å². The third kappa shape index (κ3) is 1.56. The Bertz CT molecular complexity index is 402. The van der Waals surface area contributed by atoms with Gasteiger partial charge in [-0.1, -0.05) is 6.07 Å². The van der Waals surface area contributed by atoms with Gasteiger partial charge in [-0.15, -0.1) is 0 Å². The predicted octanol–water partition coefficient (Wildman–Crippen LogP) is 1.48. The molecule has 0 aliphatic carbocycles. The topological polar surface area (TPSA) is 54.5 Å². The van der Waals surface area contributed by atoms with E-state index in [1.807, 2.05) is 26.0 Å². The Kier molecular flexibility index (Phi) is 1.81. The Balaban J connectivity index is 2.41. The van der Waals surface area contributed by atoms with Crippen LogP contribution < -0.4 is 0 Å². The molecule has 1 N–H and O–H groups in total. The minimum Gasteiger partial charge on any atom is -0.263 e. The largest absolute Gasteiger partial charge is 0.263 e. The van der Waals surface area contributed by atoms with Gasteiger partial charge in [0.1, 0.15) is 11.5 Å². The molecular weight excluding hydrogens is 164 g/mol. The van der Waals surface area contributed by atoms with Crippen molar-refractivity contribution in [3.05, 3.63) is 29.7 Å². The summed E-state index contributed by atoms with van der Waals surface area (Å²) in [7, 11) is 0. The van der Waals surface area contributed by atoms with Crippen LogP contribution in [0.4, 0.5) is 0 Å². The van der Waals surface area contributed by atoms with Crippen molar-refractivity contribution in [2.75, 3.05) is 0 Å². The SMILES string of the molecule is Cc1ccc(-c2n[nH]c(C)n2)nc1. The van der Waals surface area contributed by atoms with Crippen LogP contribution in [-0.4, -0.2) is 20.2 Å². The zero-order valence-electron chi connectivity index (χ0n) is 7.57. The average molecular weight is 174 g/mol. The van der Waals surface area contributed by atoms with Gasteiger partial charge in [0, 0.05) is 6.20 Å². The first-order valence-electron chi connectivity index (χ1n) is 4.08. The maximum absolute atomic E-state index is 4.22. The van der Waals surface area contributed by atoms with E-state index >= 15 is 0 Å². The van der Waals surface area contributed by atoms with E-state index in [1.165, 1.54) is 0 Å². The van der Waals surface area contributed by atoms with E-state index in [2.05, 4.69) is 20.2 Å². The molecule has 2 heterocycles. The van der Waals surface area contributed by atoms with E-state index in [1.54, 1.807) is 6.20 Å². The Morgan fingerprint density at radius 1 is 1.23 bits per heavy atom. The van der Waals surface area contributed by atoms with Crippen LogP contribution >= 0.6 is 0 Å². The van der Waals surface area contributed by atoms with Crippen LogP contribution in [0.5, 0.6) is 0 Å². The average Bonchev–Trinajstić information content (AvgIpc) is 2.53. The standard InChI is InChI=1S/C9H10N4/c1-6-3-4-8(10-5-6)9-11-7(2)12-13-9/h3-5H,1-2H3,(H,11,12,13). The normalized spacial score (nSPS) is 10.3. The first kappa shape index (κ1) is 7.91. The van der Waals surface area contributed by atoms with Crippen LogP contribution in [0.2, 0.25) is 0 Å². The molecule has 0 spiro atoms. The summed E-state index contributed by atoms with van der Waals surface area (Å²) >= 11 is 0. The monoisotopic (exact) mass is 174 g/mol. The molecule has 0 unspecified atom stereocenters. The highest BCUT2D eigenvalue weighted by atomic mass is 15.2. The first-order chi connectivity index (χ1) is 6.25. The van der Waals surface area contributed by atoms with Crippen molar-refractivity contribution in [3.63, 3.8) is 0 Å². The number of H-pyrrole nitrogens is 1. The number of nitrogens with one attached hydrogen (secondary N) is 1. The molecule has 0 bridgehead atoms. The van der Waals surface area contributed by atoms with Gasteiger partial charge >= 0.3 is 0 Å². The fourth-order valence-electron chi connectivity index (χ4n) is 1.06. The van der Waals surface area contributed by atoms with Crippen LogP contribution in [0.3, 0.4) is 0 Å². The summed E-state index contributed by atoms with van der Waals surface area (Å²) in [4.78, 5) is 8.40. The number of hydrogen-bond acceptors (Lipinski definition) is 3. The number of nitrogens with zero attached hydrogens (tertiary/aromatic N) is 3. The summed E-state index contributed by atoms with van der Waals surface area (Å²) in [6, 6.07) is 3.91. The molecule has 4 nitrogen and oxygen atoms in total. The minimum atomic E-state index is 0.650. The summed E-state index contributed by atoms with van der Waals surface area (Å²) in [6.07, 6.45) is 1.81. The number of pyridine rings is 1. The van der Waals surface area contributed by atoms with Gasteiger partial charge in [-0.3, -0.25) is 10.1 Å². The molecule has 0 amide bonds. The third-order valence-electron chi connectivity index (χ3n) is 1.74. The molecule has 2 aromatic rings. The lowest BCUT2D eigenvalue weighted by atomic mass is 10.3. The zero-order chi connectivity index (χ0) is 9.26. The highest BCUT2D eigenvalue weighted by Crippen LogP contribution is 2.10. The maximum atomic E-state index is 4.22. The summed E-state index contributed by atoms with van der Waals surface area (Å²) in [5.41, 5.74) is 1.94. The molecule has 0 saturated carbocycles. The molecule has 0 aliphatic rings. The van der Waals surface area contributed by atoms with E-state index in [0.29, 0.717) is 5.82 Å². The third-order valence-corrected chi connectivity index (χ3v) is 1.74. The van der Waals surface area contributed by atoms with Crippen LogP contribution in [0, 0.1) is 13.8 Å². The van der Waals surface area contributed by atoms with Gasteiger partial charge in [0.25, 0.3) is 0 Å². The summed E-state index contributed by atoms with van der Waals surface area (Å²) in [5, 5.41) is 6.80. The van der Waals surface area contributed by atoms with Crippen molar-refractivity contribution in [1.29, 1.82) is 0 Å². The summed E-state index contributed by atoms with van der Waals surface area (Å²) < 4.78 is 0. The van der Waals surface area contributed by atoms with Gasteiger partial charge in [0.15, 0.2) is 5.82 Å². The second-order valence-electron chi connectivity index (χ2n) is 2.97. The van der Waals surface area contributed by atoms with Crippen molar-refractivity contribution in [3.8, 4) is 11.5 Å². The van der Waals surface area contributed by atoms with Gasteiger partial charge in [-0.2, -0.15) is 5.10 Å². The van der Waals surface area contributed by atoms with E-state index in [-0.39, 0.29) is 0 Å². The van der Waals surface area contributed by atoms with Gasteiger partial charge in [0.2, 0.25) is 0 Å². The second kappa shape index (κ2) is 2.97. The fraction of sp³-hybridized carbons (Fsp3) is 0.222. The zero-order valence-corrected chi connectivity index (χ0v) is 7.57. The van der Waals surface area contributed by atoms with E-state index in [4.69, 9.17) is 0 Å². The number of aryl methyl sites for hydroxylation is 2. The number of hydrogen-bond donors (Lipinski definition) is 1. The lowest BCUT2D eigenvalue weighted by molar-refractivity contribution is 1.04. The molecule has 0 saturated heterocycles. The Morgan fingerprint density at radius 2 is 2.08 bits per heavy atom. The molecule has 2 aromatic heterocycles. The lowest BCUT2D eigenvalue weighted by Gasteiger charge is -1.93. The molecule has 0 fully saturated rings. The van der Waals surface area contributed by atoms with Gasteiger partial charge in [0.05, 0.1) is 0 Å². The molecule has 0 radical (unpaired) electrons. The van der Waals surface area contributed by atoms with E-state index in [0.717, 1.165) is 17.1 Å². The quantitative estimate of drug-likeness (QED) is 0.712. The molecule has 0 aliphatic heterocycles. The van der Waals surface area contributed by atoms with Crippen molar-refractivity contribution in [2.24, 2.45) is 0 Å². The summed E-state index contributed by atoms with van der Waals surface area (Å²) in [6.45, 7) is 3.87. The van der Waals surface area contributed by atoms with Crippen LogP contribution in [0.25, 0.3) is 11.5 Å². The Morgan fingerprint density at radius 3 is 2.62 bits per heavy atom. The van der Waals surface area contributed by atoms with Crippen LogP contribution in [-0.2, 0) is 0 Å². The van der Waals surface area contributed by atoms with Crippen molar-refractivity contribution in [2.45, 2.75) is 13.8 Å². The fourth-order valence-corrected chi connectivity index (χ4v) is 1.06. The lowest BCUT2D eigenvalue weighted by Crippen LogP contribution is -1.85. The van der Waals surface area contributed by atoms with Crippen molar-refractivity contribution >= 4 is 0 Å².